The van der Waals surface area contributed by atoms with Gasteiger partial charge in [0, 0.05) is 31.1 Å². The van der Waals surface area contributed by atoms with Gasteiger partial charge in [-0.2, -0.15) is 4.99 Å². The van der Waals surface area contributed by atoms with E-state index < -0.39 is 5.41 Å². The molecule has 27 heavy (non-hydrogen) atoms. The van der Waals surface area contributed by atoms with E-state index in [0.717, 1.165) is 11.1 Å². The van der Waals surface area contributed by atoms with Gasteiger partial charge >= 0.3 is 0 Å². The minimum atomic E-state index is -0.555. The fraction of sp³-hybridized carbons (Fsp3) is 0.238. The molecule has 2 aromatic carbocycles. The number of aromatic nitrogens is 1. The Bertz CT molecular complexity index is 961. The molecule has 6 heteroatoms. The largest absolute Gasteiger partial charge is 0.369 e. The summed E-state index contributed by atoms with van der Waals surface area (Å²) < 4.78 is 20.0. The standard InChI is InChI=1S/C21H23FN4O/c1-21(2,18-13-19(27-25-18)24-20(23)26(3)4)15-10-11-16(17(22)12-15)14-8-6-5-7-9-14/h5-13H,1-4H3,(H2,23,24). The Morgan fingerprint density at radius 3 is 2.44 bits per heavy atom. The van der Waals surface area contributed by atoms with Crippen LogP contribution in [0.4, 0.5) is 10.3 Å². The monoisotopic (exact) mass is 366 g/mol. The number of hydrogen-bond acceptors (Lipinski definition) is 3. The lowest BCUT2D eigenvalue weighted by Crippen LogP contribution is -2.29. The van der Waals surface area contributed by atoms with Crippen LogP contribution >= 0.6 is 0 Å². The Kier molecular flexibility index (Phi) is 4.99. The molecule has 1 heterocycles. The number of halogens is 1. The highest BCUT2D eigenvalue weighted by Gasteiger charge is 2.28. The van der Waals surface area contributed by atoms with E-state index in [9.17, 15) is 4.39 Å². The molecule has 0 amide bonds. The zero-order chi connectivity index (χ0) is 19.6. The van der Waals surface area contributed by atoms with Crippen LogP contribution in [0, 0.1) is 5.82 Å². The van der Waals surface area contributed by atoms with Gasteiger partial charge in [-0.25, -0.2) is 4.39 Å². The Hall–Kier alpha value is -3.15. The van der Waals surface area contributed by atoms with Gasteiger partial charge in [-0.05, 0) is 17.2 Å². The molecule has 0 fully saturated rings. The van der Waals surface area contributed by atoms with Crippen molar-refractivity contribution in [2.45, 2.75) is 19.3 Å². The molecule has 0 spiro atoms. The smallest absolute Gasteiger partial charge is 0.253 e. The second-order valence-corrected chi connectivity index (χ2v) is 7.10. The molecule has 0 aliphatic carbocycles. The van der Waals surface area contributed by atoms with Crippen molar-refractivity contribution in [3.05, 3.63) is 71.7 Å². The summed E-state index contributed by atoms with van der Waals surface area (Å²) in [5.41, 5.74) is 8.11. The molecule has 0 radical (unpaired) electrons. The molecule has 0 aliphatic rings. The third-order valence-corrected chi connectivity index (χ3v) is 4.60. The van der Waals surface area contributed by atoms with Crippen LogP contribution in [0.3, 0.4) is 0 Å². The van der Waals surface area contributed by atoms with Gasteiger partial charge in [0.2, 0.25) is 0 Å². The van der Waals surface area contributed by atoms with Crippen molar-refractivity contribution < 1.29 is 8.91 Å². The summed E-state index contributed by atoms with van der Waals surface area (Å²) in [5, 5.41) is 4.11. The van der Waals surface area contributed by atoms with Gasteiger partial charge in [0.15, 0.2) is 5.96 Å². The van der Waals surface area contributed by atoms with Crippen molar-refractivity contribution in [3.8, 4) is 11.1 Å². The average molecular weight is 366 g/mol. The molecule has 0 atom stereocenters. The van der Waals surface area contributed by atoms with Gasteiger partial charge in [-0.3, -0.25) is 0 Å². The van der Waals surface area contributed by atoms with Crippen molar-refractivity contribution in [2.24, 2.45) is 10.7 Å². The van der Waals surface area contributed by atoms with E-state index >= 15 is 0 Å². The van der Waals surface area contributed by atoms with E-state index in [1.165, 1.54) is 0 Å². The van der Waals surface area contributed by atoms with Crippen LogP contribution < -0.4 is 5.73 Å². The molecule has 1 aromatic heterocycles. The van der Waals surface area contributed by atoms with E-state index in [2.05, 4.69) is 10.1 Å². The van der Waals surface area contributed by atoms with Gasteiger partial charge < -0.3 is 15.2 Å². The first-order valence-electron chi connectivity index (χ1n) is 8.63. The predicted octanol–water partition coefficient (Wildman–Crippen LogP) is 4.31. The molecule has 5 nitrogen and oxygen atoms in total. The van der Waals surface area contributed by atoms with Crippen LogP contribution in [0.15, 0.2) is 64.1 Å². The summed E-state index contributed by atoms with van der Waals surface area (Å²) in [6.07, 6.45) is 0. The van der Waals surface area contributed by atoms with E-state index in [4.69, 9.17) is 10.3 Å². The molecule has 140 valence electrons. The van der Waals surface area contributed by atoms with Crippen LogP contribution in [0.25, 0.3) is 11.1 Å². The summed E-state index contributed by atoms with van der Waals surface area (Å²) in [5.74, 6) is 0.352. The lowest BCUT2D eigenvalue weighted by Gasteiger charge is -2.23. The number of nitrogens with two attached hydrogens (primary N) is 1. The van der Waals surface area contributed by atoms with Crippen molar-refractivity contribution in [3.63, 3.8) is 0 Å². The highest BCUT2D eigenvalue weighted by molar-refractivity contribution is 5.79. The number of benzene rings is 2. The molecule has 0 saturated carbocycles. The number of aliphatic imine (C=N–C) groups is 1. The van der Waals surface area contributed by atoms with Gasteiger partial charge in [-0.1, -0.05) is 61.5 Å². The lowest BCUT2D eigenvalue weighted by atomic mass is 9.81. The van der Waals surface area contributed by atoms with E-state index in [0.29, 0.717) is 23.1 Å². The van der Waals surface area contributed by atoms with Crippen LogP contribution in [-0.2, 0) is 5.41 Å². The Labute approximate surface area is 158 Å². The molecule has 0 unspecified atom stereocenters. The highest BCUT2D eigenvalue weighted by Crippen LogP contribution is 2.35. The molecular formula is C21H23FN4O. The minimum absolute atomic E-state index is 0.273. The molecule has 0 aliphatic heterocycles. The number of nitrogens with zero attached hydrogens (tertiary/aromatic N) is 3. The summed E-state index contributed by atoms with van der Waals surface area (Å²) in [6.45, 7) is 3.93. The maximum Gasteiger partial charge on any atom is 0.253 e. The Morgan fingerprint density at radius 1 is 1.11 bits per heavy atom. The predicted molar refractivity (Wildman–Crippen MR) is 105 cm³/mol. The Balaban J connectivity index is 1.93. The lowest BCUT2D eigenvalue weighted by molar-refractivity contribution is 0.405. The van der Waals surface area contributed by atoms with Crippen LogP contribution in [0.5, 0.6) is 0 Å². The highest BCUT2D eigenvalue weighted by atomic mass is 19.1. The number of rotatable bonds is 4. The van der Waals surface area contributed by atoms with E-state index in [-0.39, 0.29) is 5.82 Å². The second kappa shape index (κ2) is 7.23. The third kappa shape index (κ3) is 3.84. The molecule has 0 bridgehead atoms. The summed E-state index contributed by atoms with van der Waals surface area (Å²) in [7, 11) is 3.58. The third-order valence-electron chi connectivity index (χ3n) is 4.60. The van der Waals surface area contributed by atoms with Crippen LogP contribution in [0.1, 0.15) is 25.1 Å². The van der Waals surface area contributed by atoms with Crippen LogP contribution in [0.2, 0.25) is 0 Å². The zero-order valence-corrected chi connectivity index (χ0v) is 15.9. The molecule has 3 aromatic rings. The number of hydrogen-bond donors (Lipinski definition) is 1. The summed E-state index contributed by atoms with van der Waals surface area (Å²) >= 11 is 0. The summed E-state index contributed by atoms with van der Waals surface area (Å²) in [6, 6.07) is 16.5. The van der Waals surface area contributed by atoms with Gasteiger partial charge in [0.1, 0.15) is 5.82 Å². The SMILES string of the molecule is CN(C)C(N)=Nc1cc(C(C)(C)c2ccc(-c3ccccc3)c(F)c2)no1. The first-order chi connectivity index (χ1) is 12.8. The zero-order valence-electron chi connectivity index (χ0n) is 15.9. The minimum Gasteiger partial charge on any atom is -0.369 e. The fourth-order valence-electron chi connectivity index (χ4n) is 2.73. The van der Waals surface area contributed by atoms with Gasteiger partial charge in [0.25, 0.3) is 5.88 Å². The molecule has 3 rings (SSSR count). The molecular weight excluding hydrogens is 343 g/mol. The topological polar surface area (TPSA) is 67.7 Å². The van der Waals surface area contributed by atoms with Gasteiger partial charge in [-0.15, -0.1) is 0 Å². The van der Waals surface area contributed by atoms with Crippen molar-refractivity contribution in [1.29, 1.82) is 0 Å². The van der Waals surface area contributed by atoms with Crippen molar-refractivity contribution in [1.82, 2.24) is 10.1 Å². The average Bonchev–Trinajstić information content (AvgIpc) is 3.11. The van der Waals surface area contributed by atoms with Crippen molar-refractivity contribution in [2.75, 3.05) is 14.1 Å². The quantitative estimate of drug-likeness (QED) is 0.552. The first kappa shape index (κ1) is 18.6. The normalized spacial score (nSPS) is 12.3. The second-order valence-electron chi connectivity index (χ2n) is 7.10. The van der Waals surface area contributed by atoms with E-state index in [1.54, 1.807) is 37.2 Å². The van der Waals surface area contributed by atoms with Crippen LogP contribution in [-0.4, -0.2) is 30.1 Å². The molecule has 2 N–H and O–H groups in total. The first-order valence-corrected chi connectivity index (χ1v) is 8.63. The maximum atomic E-state index is 14.8. The number of guanidine groups is 1. The molecule has 0 saturated heterocycles. The van der Waals surface area contributed by atoms with E-state index in [1.807, 2.05) is 50.2 Å². The Morgan fingerprint density at radius 2 is 1.81 bits per heavy atom. The fourth-order valence-corrected chi connectivity index (χ4v) is 2.73. The maximum absolute atomic E-state index is 14.8. The van der Waals surface area contributed by atoms with Gasteiger partial charge in [0.05, 0.1) is 5.69 Å². The van der Waals surface area contributed by atoms with Crippen molar-refractivity contribution >= 4 is 11.8 Å². The summed E-state index contributed by atoms with van der Waals surface area (Å²) in [4.78, 5) is 5.85.